The van der Waals surface area contributed by atoms with Gasteiger partial charge in [-0.2, -0.15) is 0 Å². The molecule has 130 valence electrons. The van der Waals surface area contributed by atoms with Crippen molar-refractivity contribution >= 4 is 39.2 Å². The Labute approximate surface area is 153 Å². The predicted molar refractivity (Wildman–Crippen MR) is 100 cm³/mol. The average molecular weight is 375 g/mol. The smallest absolute Gasteiger partial charge is 0.233 e. The third-order valence-electron chi connectivity index (χ3n) is 3.76. The molecule has 0 aliphatic rings. The highest BCUT2D eigenvalue weighted by molar-refractivity contribution is 8.00. The molecule has 2 heterocycles. The van der Waals surface area contributed by atoms with Crippen molar-refractivity contribution in [2.45, 2.75) is 37.1 Å². The molecule has 0 bridgehead atoms. The molecule has 0 fully saturated rings. The van der Waals surface area contributed by atoms with E-state index in [4.69, 9.17) is 0 Å². The predicted octanol–water partition coefficient (Wildman–Crippen LogP) is 4.19. The minimum Gasteiger partial charge on any atom is -0.351 e. The van der Waals surface area contributed by atoms with Crippen LogP contribution in [0.1, 0.15) is 24.3 Å². The first-order valence-electron chi connectivity index (χ1n) is 7.99. The lowest BCUT2D eigenvalue weighted by Crippen LogP contribution is -2.30. The summed E-state index contributed by atoms with van der Waals surface area (Å²) < 4.78 is 13.6. The van der Waals surface area contributed by atoms with E-state index in [1.165, 1.54) is 29.0 Å². The van der Waals surface area contributed by atoms with Gasteiger partial charge in [-0.1, -0.05) is 36.9 Å². The number of hydrogen-bond acceptors (Lipinski definition) is 5. The molecule has 1 N–H and O–H groups in total. The van der Waals surface area contributed by atoms with Crippen LogP contribution in [-0.4, -0.2) is 21.1 Å². The van der Waals surface area contributed by atoms with Crippen LogP contribution in [0.5, 0.6) is 0 Å². The highest BCUT2D eigenvalue weighted by Gasteiger charge is 2.18. The Kier molecular flexibility index (Phi) is 5.65. The molecule has 0 aliphatic heterocycles. The number of aromatic nitrogens is 2. The number of nitrogens with one attached hydrogen (secondary N) is 1. The fraction of sp³-hybridized carbons (Fsp3) is 0.278. The molecule has 0 saturated heterocycles. The molecule has 0 aliphatic carbocycles. The summed E-state index contributed by atoms with van der Waals surface area (Å²) in [5, 5.41) is 4.24. The Morgan fingerprint density at radius 1 is 1.36 bits per heavy atom. The van der Waals surface area contributed by atoms with Crippen molar-refractivity contribution in [2.24, 2.45) is 0 Å². The van der Waals surface area contributed by atoms with Crippen molar-refractivity contribution in [2.75, 3.05) is 0 Å². The minimum atomic E-state index is -0.338. The molecule has 25 heavy (non-hydrogen) atoms. The highest BCUT2D eigenvalue weighted by atomic mass is 32.2. The summed E-state index contributed by atoms with van der Waals surface area (Å²) >= 11 is 3.04. The maximum absolute atomic E-state index is 13.6. The fourth-order valence-electron chi connectivity index (χ4n) is 2.34. The van der Waals surface area contributed by atoms with Crippen molar-refractivity contribution in [1.29, 1.82) is 0 Å². The number of hydrogen-bond donors (Lipinski definition) is 1. The monoisotopic (exact) mass is 375 g/mol. The maximum Gasteiger partial charge on any atom is 0.233 e. The molecule has 1 unspecified atom stereocenters. The van der Waals surface area contributed by atoms with Crippen molar-refractivity contribution in [3.63, 3.8) is 0 Å². The highest BCUT2D eigenvalue weighted by Crippen LogP contribution is 2.32. The van der Waals surface area contributed by atoms with E-state index in [0.29, 0.717) is 5.56 Å². The molecule has 4 nitrogen and oxygen atoms in total. The Morgan fingerprint density at radius 2 is 2.16 bits per heavy atom. The van der Waals surface area contributed by atoms with E-state index in [9.17, 15) is 9.18 Å². The third kappa shape index (κ3) is 4.16. The summed E-state index contributed by atoms with van der Waals surface area (Å²) in [6.07, 6.45) is 2.48. The normalized spacial score (nSPS) is 12.3. The van der Waals surface area contributed by atoms with Crippen LogP contribution in [0.15, 0.2) is 41.7 Å². The van der Waals surface area contributed by atoms with Gasteiger partial charge in [-0.05, 0) is 25.5 Å². The summed E-state index contributed by atoms with van der Waals surface area (Å²) in [5.41, 5.74) is 0.475. The van der Waals surface area contributed by atoms with Crippen LogP contribution >= 0.6 is 23.1 Å². The second-order valence-corrected chi connectivity index (χ2v) is 7.98. The van der Waals surface area contributed by atoms with Gasteiger partial charge in [0.05, 0.1) is 5.25 Å². The molecule has 3 aromatic rings. The zero-order valence-electron chi connectivity index (χ0n) is 14.0. The molecular weight excluding hydrogens is 357 g/mol. The number of carbonyl (C=O) groups excluding carboxylic acids is 1. The van der Waals surface area contributed by atoms with Gasteiger partial charge in [0, 0.05) is 22.4 Å². The van der Waals surface area contributed by atoms with Crippen LogP contribution in [0.3, 0.4) is 0 Å². The van der Waals surface area contributed by atoms with Crippen molar-refractivity contribution in [1.82, 2.24) is 15.3 Å². The molecule has 3 rings (SSSR count). The SMILES string of the molecule is CCc1cc2c(SC(C)C(=O)NCc3ccccc3F)ncnc2s1. The third-order valence-corrected chi connectivity index (χ3v) is 6.06. The topological polar surface area (TPSA) is 54.9 Å². The van der Waals surface area contributed by atoms with Gasteiger partial charge in [-0.15, -0.1) is 11.3 Å². The van der Waals surface area contributed by atoms with Gasteiger partial charge in [0.15, 0.2) is 0 Å². The number of amides is 1. The van der Waals surface area contributed by atoms with Crippen LogP contribution in [0.4, 0.5) is 4.39 Å². The van der Waals surface area contributed by atoms with Crippen molar-refractivity contribution in [3.8, 4) is 0 Å². The first-order chi connectivity index (χ1) is 12.1. The molecule has 1 amide bonds. The summed E-state index contributed by atoms with van der Waals surface area (Å²) in [6, 6.07) is 8.53. The van der Waals surface area contributed by atoms with Crippen molar-refractivity contribution in [3.05, 3.63) is 52.9 Å². The Balaban J connectivity index is 1.67. The molecule has 1 atom stereocenters. The number of fused-ring (bicyclic) bond motifs is 1. The molecule has 0 spiro atoms. The molecule has 7 heteroatoms. The van der Waals surface area contributed by atoms with E-state index in [2.05, 4.69) is 28.3 Å². The second kappa shape index (κ2) is 7.93. The second-order valence-electron chi connectivity index (χ2n) is 5.53. The molecule has 1 aromatic carbocycles. The quantitative estimate of drug-likeness (QED) is 0.518. The number of carbonyl (C=O) groups is 1. The summed E-state index contributed by atoms with van der Waals surface area (Å²) in [5.74, 6) is -0.461. The van der Waals surface area contributed by atoms with Gasteiger partial charge in [0.1, 0.15) is 22.0 Å². The van der Waals surface area contributed by atoms with Gasteiger partial charge < -0.3 is 5.32 Å². The fourth-order valence-corrected chi connectivity index (χ4v) is 4.26. The van der Waals surface area contributed by atoms with E-state index < -0.39 is 0 Å². The zero-order chi connectivity index (χ0) is 17.8. The first-order valence-corrected chi connectivity index (χ1v) is 9.69. The van der Waals surface area contributed by atoms with Crippen LogP contribution in [0.2, 0.25) is 0 Å². The van der Waals surface area contributed by atoms with E-state index in [-0.39, 0.29) is 23.5 Å². The number of halogens is 1. The summed E-state index contributed by atoms with van der Waals surface area (Å²) in [4.78, 5) is 23.1. The van der Waals surface area contributed by atoms with E-state index in [1.807, 2.05) is 6.92 Å². The standard InChI is InChI=1S/C18H18FN3OS2/c1-3-13-8-14-17(21-10-22-18(14)25-13)24-11(2)16(23)20-9-12-6-4-5-7-15(12)19/h4-8,10-11H,3,9H2,1-2H3,(H,20,23). The largest absolute Gasteiger partial charge is 0.351 e. The average Bonchev–Trinajstić information content (AvgIpc) is 3.05. The van der Waals surface area contributed by atoms with Crippen LogP contribution in [0, 0.1) is 5.82 Å². The lowest BCUT2D eigenvalue weighted by atomic mass is 10.2. The van der Waals surface area contributed by atoms with Crippen molar-refractivity contribution < 1.29 is 9.18 Å². The number of benzene rings is 1. The van der Waals surface area contributed by atoms with E-state index in [0.717, 1.165) is 21.7 Å². The lowest BCUT2D eigenvalue weighted by molar-refractivity contribution is -0.120. The lowest BCUT2D eigenvalue weighted by Gasteiger charge is -2.12. The zero-order valence-corrected chi connectivity index (χ0v) is 15.6. The number of aryl methyl sites for hydroxylation is 1. The van der Waals surface area contributed by atoms with Gasteiger partial charge in [0.2, 0.25) is 5.91 Å². The number of nitrogens with zero attached hydrogens (tertiary/aromatic N) is 2. The minimum absolute atomic E-state index is 0.147. The number of thioether (sulfide) groups is 1. The molecule has 2 aromatic heterocycles. The maximum atomic E-state index is 13.6. The Bertz CT molecular complexity index is 897. The summed E-state index contributed by atoms with van der Waals surface area (Å²) in [6.45, 7) is 4.10. The van der Waals surface area contributed by atoms with Gasteiger partial charge in [-0.3, -0.25) is 4.79 Å². The van der Waals surface area contributed by atoms with E-state index in [1.54, 1.807) is 29.5 Å². The number of thiophene rings is 1. The van der Waals surface area contributed by atoms with Crippen LogP contribution in [-0.2, 0) is 17.8 Å². The van der Waals surface area contributed by atoms with E-state index >= 15 is 0 Å². The summed E-state index contributed by atoms with van der Waals surface area (Å²) in [7, 11) is 0. The van der Waals surface area contributed by atoms with Crippen LogP contribution < -0.4 is 5.32 Å². The molecule has 0 radical (unpaired) electrons. The van der Waals surface area contributed by atoms with Crippen LogP contribution in [0.25, 0.3) is 10.2 Å². The van der Waals surface area contributed by atoms with Gasteiger partial charge >= 0.3 is 0 Å². The van der Waals surface area contributed by atoms with Gasteiger partial charge in [-0.25, -0.2) is 14.4 Å². The Hall–Kier alpha value is -1.99. The first kappa shape index (κ1) is 17.8. The molecule has 0 saturated carbocycles. The van der Waals surface area contributed by atoms with Gasteiger partial charge in [0.25, 0.3) is 0 Å². The molecular formula is C18H18FN3OS2. The Morgan fingerprint density at radius 3 is 2.92 bits per heavy atom. The number of rotatable bonds is 6.